The van der Waals surface area contributed by atoms with Crippen LogP contribution in [0.4, 0.5) is 0 Å². The number of aliphatic hydroxyl groups is 2. The molecule has 12 heavy (non-hydrogen) atoms. The summed E-state index contributed by atoms with van der Waals surface area (Å²) in [7, 11) is 0. The van der Waals surface area contributed by atoms with Crippen molar-refractivity contribution in [3.63, 3.8) is 0 Å². The minimum atomic E-state index is -0.125. The Morgan fingerprint density at radius 3 is 2.42 bits per heavy atom. The average Bonchev–Trinajstić information content (AvgIpc) is 2.47. The van der Waals surface area contributed by atoms with Crippen LogP contribution in [0, 0.1) is 5.92 Å². The maximum atomic E-state index is 8.83. The van der Waals surface area contributed by atoms with Crippen LogP contribution in [0.5, 0.6) is 0 Å². The van der Waals surface area contributed by atoms with Crippen molar-refractivity contribution in [2.24, 2.45) is 5.92 Å². The number of aliphatic hydroxyl groups excluding tert-OH is 2. The highest BCUT2D eigenvalue weighted by molar-refractivity contribution is 4.81. The summed E-state index contributed by atoms with van der Waals surface area (Å²) in [5.74, 6) is 0.792. The zero-order valence-electron chi connectivity index (χ0n) is 7.66. The van der Waals surface area contributed by atoms with Crippen LogP contribution >= 0.6 is 0 Å². The van der Waals surface area contributed by atoms with E-state index in [0.717, 1.165) is 5.92 Å². The van der Waals surface area contributed by atoms with Gasteiger partial charge in [-0.3, -0.25) is 0 Å². The molecule has 1 saturated carbocycles. The van der Waals surface area contributed by atoms with Gasteiger partial charge >= 0.3 is 0 Å². The average molecular weight is 173 g/mol. The van der Waals surface area contributed by atoms with Gasteiger partial charge in [0.05, 0.1) is 19.3 Å². The van der Waals surface area contributed by atoms with Crippen LogP contribution < -0.4 is 5.32 Å². The fourth-order valence-electron chi connectivity index (χ4n) is 1.85. The molecular formula is C9H19NO2. The lowest BCUT2D eigenvalue weighted by molar-refractivity contribution is 0.161. The number of rotatable bonds is 4. The van der Waals surface area contributed by atoms with Crippen molar-refractivity contribution in [3.8, 4) is 0 Å². The normalized spacial score (nSPS) is 30.0. The minimum absolute atomic E-state index is 0.0291. The van der Waals surface area contributed by atoms with Gasteiger partial charge in [0.25, 0.3) is 0 Å². The van der Waals surface area contributed by atoms with Crippen LogP contribution in [0.2, 0.25) is 0 Å². The molecule has 0 aromatic carbocycles. The quantitative estimate of drug-likeness (QED) is 0.566. The Balaban J connectivity index is 2.21. The fourth-order valence-corrected chi connectivity index (χ4v) is 1.85. The molecule has 0 spiro atoms. The smallest absolute Gasteiger partial charge is 0.0607 e. The lowest BCUT2D eigenvalue weighted by Crippen LogP contribution is -2.41. The van der Waals surface area contributed by atoms with E-state index in [1.807, 2.05) is 0 Å². The zero-order chi connectivity index (χ0) is 8.97. The number of nitrogens with one attached hydrogen (secondary N) is 1. The Kier molecular flexibility index (Phi) is 3.98. The van der Waals surface area contributed by atoms with Crippen molar-refractivity contribution in [2.75, 3.05) is 13.2 Å². The summed E-state index contributed by atoms with van der Waals surface area (Å²) in [6, 6.07) is 0.379. The molecule has 1 aliphatic carbocycles. The molecule has 0 aromatic rings. The van der Waals surface area contributed by atoms with Crippen LogP contribution in [0.1, 0.15) is 26.2 Å². The van der Waals surface area contributed by atoms with E-state index >= 15 is 0 Å². The standard InChI is InChI=1S/C9H19NO2/c1-7-2-3-8(4-7)10-9(5-11)6-12/h7-12H,2-6H2,1H3/t7-,8+/m1/s1. The highest BCUT2D eigenvalue weighted by Gasteiger charge is 2.22. The first kappa shape index (κ1) is 9.96. The van der Waals surface area contributed by atoms with Gasteiger partial charge in [-0.25, -0.2) is 0 Å². The summed E-state index contributed by atoms with van der Waals surface area (Å²) in [5.41, 5.74) is 0. The molecule has 0 amide bonds. The predicted molar refractivity (Wildman–Crippen MR) is 47.9 cm³/mol. The molecule has 3 nitrogen and oxygen atoms in total. The van der Waals surface area contributed by atoms with Crippen LogP contribution in [-0.2, 0) is 0 Å². The van der Waals surface area contributed by atoms with E-state index < -0.39 is 0 Å². The number of hydrogen-bond donors (Lipinski definition) is 3. The Morgan fingerprint density at radius 2 is 2.00 bits per heavy atom. The molecule has 0 heterocycles. The third-order valence-corrected chi connectivity index (χ3v) is 2.61. The van der Waals surface area contributed by atoms with Gasteiger partial charge in [0.1, 0.15) is 0 Å². The molecule has 72 valence electrons. The maximum Gasteiger partial charge on any atom is 0.0607 e. The van der Waals surface area contributed by atoms with Gasteiger partial charge in [0.15, 0.2) is 0 Å². The number of hydrogen-bond acceptors (Lipinski definition) is 3. The molecule has 0 unspecified atom stereocenters. The summed E-state index contributed by atoms with van der Waals surface area (Å²) in [6.45, 7) is 2.30. The molecule has 1 fully saturated rings. The van der Waals surface area contributed by atoms with E-state index in [1.165, 1.54) is 19.3 Å². The van der Waals surface area contributed by atoms with E-state index in [0.29, 0.717) is 6.04 Å². The van der Waals surface area contributed by atoms with Gasteiger partial charge in [0, 0.05) is 6.04 Å². The molecule has 1 aliphatic rings. The van der Waals surface area contributed by atoms with Gasteiger partial charge < -0.3 is 15.5 Å². The topological polar surface area (TPSA) is 52.5 Å². The molecule has 2 atom stereocenters. The molecule has 0 saturated heterocycles. The van der Waals surface area contributed by atoms with Gasteiger partial charge in [-0.05, 0) is 25.2 Å². The summed E-state index contributed by atoms with van der Waals surface area (Å²) in [4.78, 5) is 0. The van der Waals surface area contributed by atoms with Crippen molar-refractivity contribution >= 4 is 0 Å². The molecule has 0 aromatic heterocycles. The third kappa shape index (κ3) is 2.73. The van der Waals surface area contributed by atoms with Gasteiger partial charge in [-0.15, -0.1) is 0 Å². The molecule has 1 rings (SSSR count). The Labute approximate surface area is 73.8 Å². The minimum Gasteiger partial charge on any atom is -0.395 e. The molecule has 0 bridgehead atoms. The molecule has 3 heteroatoms. The summed E-state index contributed by atoms with van der Waals surface area (Å²) in [5, 5.41) is 20.9. The van der Waals surface area contributed by atoms with Crippen LogP contribution in [0.25, 0.3) is 0 Å². The molecule has 0 radical (unpaired) electrons. The Bertz CT molecular complexity index is 126. The molecule has 3 N–H and O–H groups in total. The van der Waals surface area contributed by atoms with E-state index in [4.69, 9.17) is 10.2 Å². The van der Waals surface area contributed by atoms with E-state index in [-0.39, 0.29) is 19.3 Å². The highest BCUT2D eigenvalue weighted by Crippen LogP contribution is 2.24. The monoisotopic (exact) mass is 173 g/mol. The van der Waals surface area contributed by atoms with E-state index in [1.54, 1.807) is 0 Å². The molecule has 0 aliphatic heterocycles. The summed E-state index contributed by atoms with van der Waals surface area (Å²) in [6.07, 6.45) is 3.62. The fraction of sp³-hybridized carbons (Fsp3) is 1.00. The van der Waals surface area contributed by atoms with Crippen molar-refractivity contribution in [1.82, 2.24) is 5.32 Å². The largest absolute Gasteiger partial charge is 0.395 e. The second-order valence-electron chi connectivity index (χ2n) is 3.84. The van der Waals surface area contributed by atoms with Gasteiger partial charge in [-0.1, -0.05) is 6.92 Å². The van der Waals surface area contributed by atoms with Crippen molar-refractivity contribution in [2.45, 2.75) is 38.3 Å². The van der Waals surface area contributed by atoms with Crippen molar-refractivity contribution in [1.29, 1.82) is 0 Å². The maximum absolute atomic E-state index is 8.83. The van der Waals surface area contributed by atoms with Crippen LogP contribution in [-0.4, -0.2) is 35.5 Å². The van der Waals surface area contributed by atoms with Crippen LogP contribution in [0.3, 0.4) is 0 Å². The first-order valence-electron chi connectivity index (χ1n) is 4.74. The summed E-state index contributed by atoms with van der Waals surface area (Å²) >= 11 is 0. The third-order valence-electron chi connectivity index (χ3n) is 2.61. The van der Waals surface area contributed by atoms with Gasteiger partial charge in [-0.2, -0.15) is 0 Å². The summed E-state index contributed by atoms with van der Waals surface area (Å²) < 4.78 is 0. The second kappa shape index (κ2) is 4.80. The SMILES string of the molecule is C[C@@H]1CC[C@H](NC(CO)CO)C1. The Morgan fingerprint density at radius 1 is 1.33 bits per heavy atom. The van der Waals surface area contributed by atoms with Crippen LogP contribution in [0.15, 0.2) is 0 Å². The van der Waals surface area contributed by atoms with Crippen molar-refractivity contribution in [3.05, 3.63) is 0 Å². The zero-order valence-corrected chi connectivity index (χ0v) is 7.66. The van der Waals surface area contributed by atoms with Gasteiger partial charge in [0.2, 0.25) is 0 Å². The van der Waals surface area contributed by atoms with Crippen molar-refractivity contribution < 1.29 is 10.2 Å². The molecular weight excluding hydrogens is 154 g/mol. The second-order valence-corrected chi connectivity index (χ2v) is 3.84. The predicted octanol–water partition coefficient (Wildman–Crippen LogP) is 0.118. The Hall–Kier alpha value is -0.120. The van der Waals surface area contributed by atoms with E-state index in [9.17, 15) is 0 Å². The van der Waals surface area contributed by atoms with E-state index in [2.05, 4.69) is 12.2 Å². The highest BCUT2D eigenvalue weighted by atomic mass is 16.3. The lowest BCUT2D eigenvalue weighted by Gasteiger charge is -2.18. The first-order valence-corrected chi connectivity index (χ1v) is 4.74. The lowest BCUT2D eigenvalue weighted by atomic mass is 10.1. The first-order chi connectivity index (χ1) is 5.76.